The molecule has 2 aromatic heterocycles. The van der Waals surface area contributed by atoms with E-state index in [-0.39, 0.29) is 0 Å². The minimum Gasteiger partial charge on any atom is -0.464 e. The lowest BCUT2D eigenvalue weighted by molar-refractivity contribution is 0.432. The second kappa shape index (κ2) is 4.49. The van der Waals surface area contributed by atoms with Crippen LogP contribution in [0.15, 0.2) is 63.7 Å². The van der Waals surface area contributed by atoms with E-state index in [4.69, 9.17) is 14.7 Å². The van der Waals surface area contributed by atoms with Crippen LogP contribution in [0.2, 0.25) is 0 Å². The van der Waals surface area contributed by atoms with Crippen LogP contribution in [0.3, 0.4) is 0 Å². The lowest BCUT2D eigenvalue weighted by atomic mass is 10.1. The summed E-state index contributed by atoms with van der Waals surface area (Å²) in [6.07, 6.45) is 1.64. The minimum atomic E-state index is 0.454. The van der Waals surface area contributed by atoms with E-state index in [1.165, 1.54) is 0 Å². The van der Waals surface area contributed by atoms with Gasteiger partial charge < -0.3 is 14.7 Å². The first-order valence-electron chi connectivity index (χ1n) is 6.47. The molecule has 0 fully saturated rings. The Morgan fingerprint density at radius 1 is 0.952 bits per heavy atom. The van der Waals surface area contributed by atoms with Crippen LogP contribution in [-0.4, -0.2) is 10.1 Å². The van der Waals surface area contributed by atoms with Gasteiger partial charge in [0.2, 0.25) is 5.82 Å². The largest absolute Gasteiger partial charge is 0.464 e. The highest BCUT2D eigenvalue weighted by atomic mass is 16.5. The topological polar surface area (TPSA) is 78.1 Å². The second-order valence-corrected chi connectivity index (χ2v) is 4.69. The number of hydrogen-bond acceptors (Lipinski definition) is 5. The number of anilines is 1. The summed E-state index contributed by atoms with van der Waals surface area (Å²) in [6, 6.07) is 15.0. The van der Waals surface area contributed by atoms with Crippen molar-refractivity contribution in [3.05, 3.63) is 54.8 Å². The van der Waals surface area contributed by atoms with E-state index in [0.29, 0.717) is 17.4 Å². The fraction of sp³-hybridized carbons (Fsp3) is 0. The Balaban J connectivity index is 1.79. The van der Waals surface area contributed by atoms with Crippen LogP contribution in [0.4, 0.5) is 5.69 Å². The van der Waals surface area contributed by atoms with Gasteiger partial charge in [-0.05, 0) is 30.3 Å². The SMILES string of the molecule is Nc1ccc(-c2nc(-c3coc4ccccc34)no2)cc1. The third-order valence-electron chi connectivity index (χ3n) is 3.31. The summed E-state index contributed by atoms with van der Waals surface area (Å²) in [7, 11) is 0. The Morgan fingerprint density at radius 3 is 2.62 bits per heavy atom. The molecule has 2 aromatic carbocycles. The van der Waals surface area contributed by atoms with E-state index < -0.39 is 0 Å². The maximum absolute atomic E-state index is 5.67. The summed E-state index contributed by atoms with van der Waals surface area (Å²) in [4.78, 5) is 4.42. The van der Waals surface area contributed by atoms with Gasteiger partial charge in [0, 0.05) is 16.6 Å². The molecule has 21 heavy (non-hydrogen) atoms. The van der Waals surface area contributed by atoms with Crippen LogP contribution in [0.1, 0.15) is 0 Å². The molecule has 102 valence electrons. The van der Waals surface area contributed by atoms with Crippen molar-refractivity contribution in [1.82, 2.24) is 10.1 Å². The predicted octanol–water partition coefficient (Wildman–Crippen LogP) is 3.73. The van der Waals surface area contributed by atoms with E-state index in [2.05, 4.69) is 10.1 Å². The van der Waals surface area contributed by atoms with E-state index >= 15 is 0 Å². The fourth-order valence-corrected chi connectivity index (χ4v) is 2.23. The Labute approximate surface area is 120 Å². The molecule has 2 N–H and O–H groups in total. The van der Waals surface area contributed by atoms with Gasteiger partial charge in [0.1, 0.15) is 11.8 Å². The van der Waals surface area contributed by atoms with Crippen molar-refractivity contribution in [3.63, 3.8) is 0 Å². The number of benzene rings is 2. The molecule has 0 unspecified atom stereocenters. The van der Waals surface area contributed by atoms with Crippen LogP contribution < -0.4 is 5.73 Å². The molecule has 2 heterocycles. The van der Waals surface area contributed by atoms with Gasteiger partial charge in [0.05, 0.1) is 5.56 Å². The van der Waals surface area contributed by atoms with Crippen molar-refractivity contribution in [3.8, 4) is 22.8 Å². The lowest BCUT2D eigenvalue weighted by Crippen LogP contribution is -1.84. The average Bonchev–Trinajstić information content (AvgIpc) is 3.14. The van der Waals surface area contributed by atoms with Crippen LogP contribution in [-0.2, 0) is 0 Å². The first-order chi connectivity index (χ1) is 10.3. The first kappa shape index (κ1) is 11.7. The third-order valence-corrected chi connectivity index (χ3v) is 3.31. The number of nitrogen functional groups attached to an aromatic ring is 1. The molecule has 0 atom stereocenters. The summed E-state index contributed by atoms with van der Waals surface area (Å²) >= 11 is 0. The lowest BCUT2D eigenvalue weighted by Gasteiger charge is -1.94. The highest BCUT2D eigenvalue weighted by Crippen LogP contribution is 2.30. The van der Waals surface area contributed by atoms with Gasteiger partial charge in [-0.25, -0.2) is 0 Å². The molecule has 4 rings (SSSR count). The van der Waals surface area contributed by atoms with Crippen molar-refractivity contribution in [2.24, 2.45) is 0 Å². The number of hydrogen-bond donors (Lipinski definition) is 1. The van der Waals surface area contributed by atoms with Gasteiger partial charge in [-0.15, -0.1) is 0 Å². The number of rotatable bonds is 2. The zero-order valence-corrected chi connectivity index (χ0v) is 11.0. The van der Waals surface area contributed by atoms with E-state index in [9.17, 15) is 0 Å². The zero-order chi connectivity index (χ0) is 14.2. The summed E-state index contributed by atoms with van der Waals surface area (Å²) < 4.78 is 10.8. The molecule has 0 spiro atoms. The number of fused-ring (bicyclic) bond motifs is 1. The van der Waals surface area contributed by atoms with Gasteiger partial charge in [-0.3, -0.25) is 0 Å². The maximum Gasteiger partial charge on any atom is 0.258 e. The quantitative estimate of drug-likeness (QED) is 0.565. The minimum absolute atomic E-state index is 0.454. The average molecular weight is 277 g/mol. The van der Waals surface area contributed by atoms with Crippen molar-refractivity contribution < 1.29 is 8.94 Å². The highest BCUT2D eigenvalue weighted by Gasteiger charge is 2.15. The molecule has 5 heteroatoms. The maximum atomic E-state index is 5.67. The molecule has 4 aromatic rings. The second-order valence-electron chi connectivity index (χ2n) is 4.69. The van der Waals surface area contributed by atoms with Gasteiger partial charge in [-0.2, -0.15) is 4.98 Å². The molecule has 0 saturated heterocycles. The van der Waals surface area contributed by atoms with Crippen LogP contribution in [0, 0.1) is 0 Å². The number of nitrogens with zero attached hydrogens (tertiary/aromatic N) is 2. The molecule has 0 radical (unpaired) electrons. The summed E-state index contributed by atoms with van der Waals surface area (Å²) in [5.74, 6) is 0.960. The Morgan fingerprint density at radius 2 is 1.76 bits per heavy atom. The Hall–Kier alpha value is -3.08. The van der Waals surface area contributed by atoms with Gasteiger partial charge >= 0.3 is 0 Å². The van der Waals surface area contributed by atoms with Crippen molar-refractivity contribution in [2.45, 2.75) is 0 Å². The van der Waals surface area contributed by atoms with Crippen molar-refractivity contribution in [2.75, 3.05) is 5.73 Å². The van der Waals surface area contributed by atoms with E-state index in [1.807, 2.05) is 36.4 Å². The summed E-state index contributed by atoms with van der Waals surface area (Å²) in [6.45, 7) is 0. The smallest absolute Gasteiger partial charge is 0.258 e. The number of aromatic nitrogens is 2. The first-order valence-corrected chi connectivity index (χ1v) is 6.47. The standard InChI is InChI=1S/C16H11N3O2/c17-11-7-5-10(6-8-11)16-18-15(19-21-16)13-9-20-14-4-2-1-3-12(13)14/h1-9H,17H2. The summed E-state index contributed by atoms with van der Waals surface area (Å²) in [5.41, 5.74) is 8.81. The van der Waals surface area contributed by atoms with Crippen LogP contribution in [0.25, 0.3) is 33.8 Å². The van der Waals surface area contributed by atoms with Gasteiger partial charge in [-0.1, -0.05) is 23.4 Å². The van der Waals surface area contributed by atoms with E-state index in [0.717, 1.165) is 22.1 Å². The molecule has 0 bridgehead atoms. The molecule has 0 amide bonds. The van der Waals surface area contributed by atoms with Crippen LogP contribution >= 0.6 is 0 Å². The monoisotopic (exact) mass is 277 g/mol. The zero-order valence-electron chi connectivity index (χ0n) is 11.0. The third kappa shape index (κ3) is 1.95. The summed E-state index contributed by atoms with van der Waals surface area (Å²) in [5, 5.41) is 4.99. The molecule has 5 nitrogen and oxygen atoms in total. The fourth-order valence-electron chi connectivity index (χ4n) is 2.23. The van der Waals surface area contributed by atoms with Gasteiger partial charge in [0.15, 0.2) is 0 Å². The van der Waals surface area contributed by atoms with Gasteiger partial charge in [0.25, 0.3) is 5.89 Å². The number of para-hydroxylation sites is 1. The normalized spacial score (nSPS) is 11.0. The Bertz CT molecular complexity index is 907. The predicted molar refractivity (Wildman–Crippen MR) is 79.4 cm³/mol. The molecule has 0 aliphatic heterocycles. The molecule has 0 aliphatic rings. The van der Waals surface area contributed by atoms with E-state index in [1.54, 1.807) is 18.4 Å². The van der Waals surface area contributed by atoms with Crippen molar-refractivity contribution >= 4 is 16.7 Å². The highest BCUT2D eigenvalue weighted by molar-refractivity contribution is 5.92. The number of furan rings is 1. The molecular formula is C16H11N3O2. The number of nitrogens with two attached hydrogens (primary N) is 1. The molecule has 0 aliphatic carbocycles. The van der Waals surface area contributed by atoms with Crippen molar-refractivity contribution in [1.29, 1.82) is 0 Å². The molecule has 0 saturated carbocycles. The molecular weight excluding hydrogens is 266 g/mol. The Kier molecular flexibility index (Phi) is 2.50. The van der Waals surface area contributed by atoms with Crippen LogP contribution in [0.5, 0.6) is 0 Å².